The third-order valence-corrected chi connectivity index (χ3v) is 8.31. The summed E-state index contributed by atoms with van der Waals surface area (Å²) in [6.07, 6.45) is 0.619. The van der Waals surface area contributed by atoms with Crippen LogP contribution in [-0.4, -0.2) is 38.6 Å². The Morgan fingerprint density at radius 2 is 1.97 bits per heavy atom. The molecule has 5 rings (SSSR count). The number of anilines is 1. The lowest BCUT2D eigenvalue weighted by atomic mass is 10.1. The monoisotopic (exact) mass is 538 g/mol. The number of aromatic nitrogens is 2. The highest BCUT2D eigenvalue weighted by Gasteiger charge is 2.26. The van der Waals surface area contributed by atoms with Crippen LogP contribution in [0.1, 0.15) is 22.9 Å². The minimum atomic E-state index is -0.227. The van der Waals surface area contributed by atoms with E-state index < -0.39 is 0 Å². The Morgan fingerprint density at radius 3 is 2.69 bits per heavy atom. The van der Waals surface area contributed by atoms with Crippen LogP contribution in [0.25, 0.3) is 15.9 Å². The van der Waals surface area contributed by atoms with Crippen molar-refractivity contribution < 1.29 is 9.59 Å². The van der Waals surface area contributed by atoms with Crippen LogP contribution in [-0.2, 0) is 22.6 Å². The van der Waals surface area contributed by atoms with Gasteiger partial charge in [-0.25, -0.2) is 4.98 Å². The molecule has 0 fully saturated rings. The Kier molecular flexibility index (Phi) is 6.87. The Bertz CT molecular complexity index is 1550. The maximum atomic E-state index is 13.9. The second kappa shape index (κ2) is 10.1. The molecule has 184 valence electrons. The summed E-state index contributed by atoms with van der Waals surface area (Å²) in [6, 6.07) is 14.6. The number of nitrogens with zero attached hydrogens (tertiary/aromatic N) is 3. The summed E-state index contributed by atoms with van der Waals surface area (Å²) < 4.78 is 1.59. The Morgan fingerprint density at radius 1 is 1.19 bits per heavy atom. The molecule has 1 aliphatic heterocycles. The van der Waals surface area contributed by atoms with Crippen LogP contribution in [0.4, 0.5) is 5.69 Å². The summed E-state index contributed by atoms with van der Waals surface area (Å²) in [5.41, 5.74) is 3.19. The highest BCUT2D eigenvalue weighted by Crippen LogP contribution is 2.34. The number of thioether (sulfide) groups is 1. The normalized spacial score (nSPS) is 13.0. The lowest BCUT2D eigenvalue weighted by Crippen LogP contribution is -2.34. The summed E-state index contributed by atoms with van der Waals surface area (Å²) in [5, 5.41) is 4.41. The fraction of sp³-hybridized carbons (Fsp3) is 0.231. The van der Waals surface area contributed by atoms with Gasteiger partial charge in [-0.2, -0.15) is 0 Å². The first-order chi connectivity index (χ1) is 17.3. The predicted octanol–water partition coefficient (Wildman–Crippen LogP) is 5.04. The zero-order valence-electron chi connectivity index (χ0n) is 19.7. The molecule has 2 amide bonds. The molecule has 36 heavy (non-hydrogen) atoms. The molecule has 4 aromatic rings. The number of hydrogen-bond donors (Lipinski definition) is 1. The van der Waals surface area contributed by atoms with Gasteiger partial charge in [0.2, 0.25) is 11.8 Å². The molecule has 2 aromatic carbocycles. The summed E-state index contributed by atoms with van der Waals surface area (Å²) >= 11 is 8.67. The van der Waals surface area contributed by atoms with E-state index in [9.17, 15) is 14.4 Å². The van der Waals surface area contributed by atoms with Gasteiger partial charge in [-0.15, -0.1) is 11.3 Å². The zero-order valence-corrected chi connectivity index (χ0v) is 22.1. The quantitative estimate of drug-likeness (QED) is 0.284. The van der Waals surface area contributed by atoms with E-state index in [4.69, 9.17) is 16.6 Å². The number of aryl methyl sites for hydroxylation is 1. The molecule has 0 saturated carbocycles. The number of thiophene rings is 1. The third-order valence-electron chi connectivity index (χ3n) is 6.02. The number of carbonyl (C=O) groups excluding carboxylic acids is 2. The number of carbonyl (C=O) groups is 2. The van der Waals surface area contributed by atoms with Gasteiger partial charge in [0.05, 0.1) is 23.4 Å². The molecule has 0 atom stereocenters. The maximum Gasteiger partial charge on any atom is 0.267 e. The van der Waals surface area contributed by atoms with Crippen LogP contribution in [0.3, 0.4) is 0 Å². The summed E-state index contributed by atoms with van der Waals surface area (Å²) in [7, 11) is 0. The van der Waals surface area contributed by atoms with Crippen LogP contribution in [0, 0.1) is 6.92 Å². The zero-order chi connectivity index (χ0) is 25.4. The van der Waals surface area contributed by atoms with Crippen LogP contribution in [0.5, 0.6) is 0 Å². The minimum absolute atomic E-state index is 0.0186. The molecule has 0 spiro atoms. The Hall–Kier alpha value is -3.14. The Labute approximate surface area is 221 Å². The van der Waals surface area contributed by atoms with Crippen molar-refractivity contribution in [3.63, 3.8) is 0 Å². The first-order valence-electron chi connectivity index (χ1n) is 11.4. The van der Waals surface area contributed by atoms with Crippen molar-refractivity contribution in [2.24, 2.45) is 0 Å². The average Bonchev–Trinajstić information content (AvgIpc) is 3.21. The molecule has 1 N–H and O–H groups in total. The minimum Gasteiger partial charge on any atom is -0.337 e. The van der Waals surface area contributed by atoms with Crippen molar-refractivity contribution >= 4 is 62.4 Å². The van der Waals surface area contributed by atoms with E-state index >= 15 is 0 Å². The standard InChI is InChI=1S/C26H23ClN4O3S2/c1-15-6-8-19(9-7-15)31-25(34)23-20-10-11-30(16(2)32)13-21(20)36-24(23)29-26(31)35-14-22(33)28-18-5-3-4-17(27)12-18/h3-9,12H,10-11,13-14H2,1-2H3,(H,28,33). The summed E-state index contributed by atoms with van der Waals surface area (Å²) in [5.74, 6) is -0.140. The van der Waals surface area contributed by atoms with E-state index in [1.807, 2.05) is 31.2 Å². The number of benzene rings is 2. The molecule has 0 unspecified atom stereocenters. The van der Waals surface area contributed by atoms with E-state index in [1.165, 1.54) is 23.1 Å². The molecule has 0 bridgehead atoms. The van der Waals surface area contributed by atoms with Gasteiger partial charge in [0, 0.05) is 29.1 Å². The van der Waals surface area contributed by atoms with Crippen LogP contribution in [0.15, 0.2) is 58.5 Å². The van der Waals surface area contributed by atoms with Crippen molar-refractivity contribution in [2.45, 2.75) is 32.0 Å². The van der Waals surface area contributed by atoms with Gasteiger partial charge in [0.15, 0.2) is 5.16 Å². The van der Waals surface area contributed by atoms with E-state index in [0.29, 0.717) is 51.3 Å². The molecule has 1 aliphatic rings. The molecular formula is C26H23ClN4O3S2. The van der Waals surface area contributed by atoms with Crippen molar-refractivity contribution in [1.29, 1.82) is 0 Å². The van der Waals surface area contributed by atoms with E-state index in [0.717, 1.165) is 16.0 Å². The second-order valence-electron chi connectivity index (χ2n) is 8.59. The van der Waals surface area contributed by atoms with Crippen LogP contribution >= 0.6 is 34.7 Å². The number of nitrogens with one attached hydrogen (secondary N) is 1. The van der Waals surface area contributed by atoms with Gasteiger partial charge in [0.25, 0.3) is 5.56 Å². The van der Waals surface area contributed by atoms with Crippen molar-refractivity contribution in [2.75, 3.05) is 17.6 Å². The number of fused-ring (bicyclic) bond motifs is 3. The molecule has 0 radical (unpaired) electrons. The lowest BCUT2D eigenvalue weighted by molar-refractivity contribution is -0.129. The number of amides is 2. The average molecular weight is 539 g/mol. The van der Waals surface area contributed by atoms with Crippen LogP contribution in [0.2, 0.25) is 5.02 Å². The highest BCUT2D eigenvalue weighted by molar-refractivity contribution is 7.99. The summed E-state index contributed by atoms with van der Waals surface area (Å²) in [4.78, 5) is 46.7. The van der Waals surface area contributed by atoms with Gasteiger partial charge >= 0.3 is 0 Å². The van der Waals surface area contributed by atoms with Crippen LogP contribution < -0.4 is 10.9 Å². The van der Waals surface area contributed by atoms with E-state index in [-0.39, 0.29) is 23.1 Å². The first-order valence-corrected chi connectivity index (χ1v) is 13.6. The van der Waals surface area contributed by atoms with Crippen molar-refractivity contribution in [3.05, 3.63) is 79.9 Å². The highest BCUT2D eigenvalue weighted by atomic mass is 35.5. The largest absolute Gasteiger partial charge is 0.337 e. The van der Waals surface area contributed by atoms with E-state index in [2.05, 4.69) is 5.32 Å². The van der Waals surface area contributed by atoms with Gasteiger partial charge in [-0.05, 0) is 49.2 Å². The maximum absolute atomic E-state index is 13.9. The fourth-order valence-electron chi connectivity index (χ4n) is 4.20. The topological polar surface area (TPSA) is 84.3 Å². The lowest BCUT2D eigenvalue weighted by Gasteiger charge is -2.25. The van der Waals surface area contributed by atoms with Gasteiger partial charge < -0.3 is 10.2 Å². The molecule has 10 heteroatoms. The van der Waals surface area contributed by atoms with Crippen molar-refractivity contribution in [1.82, 2.24) is 14.5 Å². The third kappa shape index (κ3) is 4.91. The molecule has 2 aromatic heterocycles. The molecule has 0 saturated heterocycles. The SMILES string of the molecule is CC(=O)N1CCc2c(sc3nc(SCC(=O)Nc4cccc(Cl)c4)n(-c4ccc(C)cc4)c(=O)c23)C1. The smallest absolute Gasteiger partial charge is 0.267 e. The van der Waals surface area contributed by atoms with E-state index in [1.54, 1.807) is 40.7 Å². The first kappa shape index (κ1) is 24.5. The second-order valence-corrected chi connectivity index (χ2v) is 11.1. The van der Waals surface area contributed by atoms with Gasteiger partial charge in [-0.1, -0.05) is 47.1 Å². The number of halogens is 1. The Balaban J connectivity index is 1.53. The molecule has 3 heterocycles. The molecular weight excluding hydrogens is 516 g/mol. The number of hydrogen-bond acceptors (Lipinski definition) is 6. The van der Waals surface area contributed by atoms with Crippen molar-refractivity contribution in [3.8, 4) is 5.69 Å². The summed E-state index contributed by atoms with van der Waals surface area (Å²) in [6.45, 7) is 4.61. The molecule has 7 nitrogen and oxygen atoms in total. The fourth-order valence-corrected chi connectivity index (χ4v) is 6.48. The van der Waals surface area contributed by atoms with Gasteiger partial charge in [-0.3, -0.25) is 19.0 Å². The molecule has 0 aliphatic carbocycles. The predicted molar refractivity (Wildman–Crippen MR) is 146 cm³/mol. The number of rotatable bonds is 5. The van der Waals surface area contributed by atoms with Gasteiger partial charge in [0.1, 0.15) is 4.83 Å².